The number of fused-ring (bicyclic) bond motifs is 1. The van der Waals surface area contributed by atoms with Crippen LogP contribution >= 0.6 is 0 Å². The van der Waals surface area contributed by atoms with Crippen LogP contribution < -0.4 is 10.2 Å². The molecule has 0 aromatic heterocycles. The molecule has 0 saturated carbocycles. The summed E-state index contributed by atoms with van der Waals surface area (Å²) in [5, 5.41) is 26.1. The number of ether oxygens (including phenoxy) is 1. The van der Waals surface area contributed by atoms with E-state index < -0.39 is 10.8 Å². The highest BCUT2D eigenvalue weighted by atomic mass is 16.6. The van der Waals surface area contributed by atoms with Crippen LogP contribution in [0.3, 0.4) is 0 Å². The number of nitrogens with zero attached hydrogens (tertiary/aromatic N) is 2. The van der Waals surface area contributed by atoms with E-state index in [0.717, 1.165) is 23.1 Å². The quantitative estimate of drug-likeness (QED) is 0.409. The molecule has 2 N–H and O–H groups in total. The minimum absolute atomic E-state index is 0.106. The number of nitro groups is 1. The first-order chi connectivity index (χ1) is 13.0. The van der Waals surface area contributed by atoms with Crippen molar-refractivity contribution in [2.75, 3.05) is 7.11 Å². The van der Waals surface area contributed by atoms with Gasteiger partial charge in [0.05, 0.1) is 23.8 Å². The average molecular weight is 365 g/mol. The van der Waals surface area contributed by atoms with Crippen molar-refractivity contribution >= 4 is 28.6 Å². The van der Waals surface area contributed by atoms with Crippen molar-refractivity contribution in [2.45, 2.75) is 0 Å². The van der Waals surface area contributed by atoms with Gasteiger partial charge in [-0.2, -0.15) is 5.10 Å². The Labute approximate surface area is 153 Å². The second kappa shape index (κ2) is 7.52. The van der Waals surface area contributed by atoms with Gasteiger partial charge in [-0.15, -0.1) is 0 Å². The van der Waals surface area contributed by atoms with E-state index in [0.29, 0.717) is 5.75 Å². The number of phenolic OH excluding ortho intramolecular Hbond substituents is 1. The van der Waals surface area contributed by atoms with Crippen molar-refractivity contribution in [3.05, 3.63) is 75.8 Å². The largest absolute Gasteiger partial charge is 0.507 e. The van der Waals surface area contributed by atoms with Gasteiger partial charge in [0.15, 0.2) is 0 Å². The number of carbonyl (C=O) groups excluding carboxylic acids is 1. The number of carbonyl (C=O) groups is 1. The fraction of sp³-hybridized carbons (Fsp3) is 0.0526. The summed E-state index contributed by atoms with van der Waals surface area (Å²) in [4.78, 5) is 22.7. The minimum Gasteiger partial charge on any atom is -0.507 e. The Kier molecular flexibility index (Phi) is 4.98. The first-order valence-corrected chi connectivity index (χ1v) is 7.87. The molecule has 0 fully saturated rings. The predicted molar refractivity (Wildman–Crippen MR) is 100 cm³/mol. The number of methoxy groups -OCH3 is 1. The van der Waals surface area contributed by atoms with Crippen LogP contribution in [0, 0.1) is 10.1 Å². The summed E-state index contributed by atoms with van der Waals surface area (Å²) in [6.45, 7) is 0. The molecule has 8 heteroatoms. The van der Waals surface area contributed by atoms with Gasteiger partial charge in [-0.3, -0.25) is 14.9 Å². The fourth-order valence-electron chi connectivity index (χ4n) is 2.55. The van der Waals surface area contributed by atoms with E-state index in [9.17, 15) is 20.0 Å². The van der Waals surface area contributed by atoms with Gasteiger partial charge in [-0.05, 0) is 29.0 Å². The second-order valence-electron chi connectivity index (χ2n) is 5.60. The molecule has 0 radical (unpaired) electrons. The van der Waals surface area contributed by atoms with Crippen molar-refractivity contribution in [3.8, 4) is 11.5 Å². The molecule has 8 nitrogen and oxygen atoms in total. The van der Waals surface area contributed by atoms with E-state index in [2.05, 4.69) is 10.5 Å². The van der Waals surface area contributed by atoms with Gasteiger partial charge >= 0.3 is 0 Å². The molecule has 136 valence electrons. The number of amides is 1. The third-order valence-electron chi connectivity index (χ3n) is 3.90. The number of non-ortho nitro benzene ring substituents is 1. The third kappa shape index (κ3) is 3.84. The molecule has 0 aliphatic rings. The maximum Gasteiger partial charge on any atom is 0.275 e. The van der Waals surface area contributed by atoms with E-state index in [4.69, 9.17) is 4.74 Å². The number of hydrazone groups is 1. The minimum atomic E-state index is -0.588. The zero-order valence-corrected chi connectivity index (χ0v) is 14.2. The van der Waals surface area contributed by atoms with Crippen molar-refractivity contribution in [2.24, 2.45) is 5.10 Å². The molecule has 0 aliphatic heterocycles. The smallest absolute Gasteiger partial charge is 0.275 e. The molecule has 0 bridgehead atoms. The number of benzene rings is 3. The number of nitrogens with one attached hydrogen (secondary N) is 1. The average Bonchev–Trinajstić information content (AvgIpc) is 2.68. The molecule has 0 aliphatic carbocycles. The number of aromatic hydroxyl groups is 1. The molecule has 3 aromatic carbocycles. The van der Waals surface area contributed by atoms with Crippen LogP contribution in [0.5, 0.6) is 11.5 Å². The Morgan fingerprint density at radius 3 is 2.56 bits per heavy atom. The second-order valence-corrected chi connectivity index (χ2v) is 5.60. The van der Waals surface area contributed by atoms with Crippen molar-refractivity contribution in [1.82, 2.24) is 5.43 Å². The maximum atomic E-state index is 12.4. The van der Waals surface area contributed by atoms with E-state index in [1.54, 1.807) is 12.1 Å². The Morgan fingerprint density at radius 1 is 1.19 bits per heavy atom. The van der Waals surface area contributed by atoms with Crippen LogP contribution in [-0.4, -0.2) is 29.3 Å². The highest BCUT2D eigenvalue weighted by Crippen LogP contribution is 2.26. The fourth-order valence-corrected chi connectivity index (χ4v) is 2.55. The van der Waals surface area contributed by atoms with Crippen LogP contribution in [0.25, 0.3) is 10.8 Å². The maximum absolute atomic E-state index is 12.4. The predicted octanol–water partition coefficient (Wildman–Crippen LogP) is 3.23. The Morgan fingerprint density at radius 2 is 1.89 bits per heavy atom. The summed E-state index contributed by atoms with van der Waals surface area (Å²) in [5.41, 5.74) is 2.53. The highest BCUT2D eigenvalue weighted by Gasteiger charge is 2.13. The number of hydrogen-bond acceptors (Lipinski definition) is 6. The summed E-state index contributed by atoms with van der Waals surface area (Å²) in [7, 11) is 1.46. The Bertz CT molecular complexity index is 1060. The van der Waals surface area contributed by atoms with Crippen LogP contribution in [0.2, 0.25) is 0 Å². The van der Waals surface area contributed by atoms with Crippen LogP contribution in [-0.2, 0) is 0 Å². The van der Waals surface area contributed by atoms with Crippen LogP contribution in [0.4, 0.5) is 5.69 Å². The molecule has 0 unspecified atom stereocenters. The molecule has 0 heterocycles. The summed E-state index contributed by atoms with van der Waals surface area (Å²) >= 11 is 0. The standard InChI is InChI=1S/C19H15N3O5/c1-27-18-10-13-5-3-2-4-12(13)9-16(18)19(24)21-20-11-14-8-15(22(25)26)6-7-17(14)23/h2-11,23H,1H3,(H,21,24)/b20-11-. The molecule has 3 rings (SSSR count). The van der Waals surface area contributed by atoms with Crippen LogP contribution in [0.1, 0.15) is 15.9 Å². The molecule has 27 heavy (non-hydrogen) atoms. The van der Waals surface area contributed by atoms with E-state index in [1.165, 1.54) is 19.2 Å². The first-order valence-electron chi connectivity index (χ1n) is 7.87. The molecule has 0 atom stereocenters. The van der Waals surface area contributed by atoms with Crippen molar-refractivity contribution in [1.29, 1.82) is 0 Å². The van der Waals surface area contributed by atoms with Crippen molar-refractivity contribution < 1.29 is 19.6 Å². The zero-order chi connectivity index (χ0) is 19.4. The lowest BCUT2D eigenvalue weighted by Crippen LogP contribution is -2.18. The number of hydrogen-bond donors (Lipinski definition) is 2. The zero-order valence-electron chi connectivity index (χ0n) is 14.2. The molecular formula is C19H15N3O5. The van der Waals surface area contributed by atoms with Gasteiger partial charge in [0.25, 0.3) is 11.6 Å². The normalized spacial score (nSPS) is 10.9. The van der Waals surface area contributed by atoms with Gasteiger partial charge in [0.1, 0.15) is 11.5 Å². The molecule has 0 spiro atoms. The van der Waals surface area contributed by atoms with Crippen molar-refractivity contribution in [3.63, 3.8) is 0 Å². The summed E-state index contributed by atoms with van der Waals surface area (Å²) < 4.78 is 5.27. The molecular weight excluding hydrogens is 350 g/mol. The summed E-state index contributed by atoms with van der Waals surface area (Å²) in [5.74, 6) is -0.319. The number of rotatable bonds is 5. The van der Waals surface area contributed by atoms with E-state index in [1.807, 2.05) is 24.3 Å². The van der Waals surface area contributed by atoms with E-state index >= 15 is 0 Å². The molecule has 0 saturated heterocycles. The van der Waals surface area contributed by atoms with Crippen LogP contribution in [0.15, 0.2) is 59.7 Å². The number of phenols is 1. The number of nitro benzene ring substituents is 1. The lowest BCUT2D eigenvalue weighted by atomic mass is 10.1. The van der Waals surface area contributed by atoms with Gasteiger partial charge < -0.3 is 9.84 Å². The van der Waals surface area contributed by atoms with Gasteiger partial charge in [-0.25, -0.2) is 5.43 Å². The third-order valence-corrected chi connectivity index (χ3v) is 3.90. The van der Waals surface area contributed by atoms with Gasteiger partial charge in [0.2, 0.25) is 0 Å². The Hall–Kier alpha value is -3.94. The van der Waals surface area contributed by atoms with Gasteiger partial charge in [-0.1, -0.05) is 24.3 Å². The molecule has 1 amide bonds. The van der Waals surface area contributed by atoms with Gasteiger partial charge in [0, 0.05) is 17.7 Å². The molecule has 3 aromatic rings. The summed E-state index contributed by atoms with van der Waals surface area (Å²) in [6.07, 6.45) is 1.13. The lowest BCUT2D eigenvalue weighted by Gasteiger charge is -2.09. The summed E-state index contributed by atoms with van der Waals surface area (Å²) in [6, 6.07) is 14.5. The Balaban J connectivity index is 1.84. The highest BCUT2D eigenvalue weighted by molar-refractivity contribution is 6.02. The first kappa shape index (κ1) is 17.9. The monoisotopic (exact) mass is 365 g/mol. The lowest BCUT2D eigenvalue weighted by molar-refractivity contribution is -0.384. The SMILES string of the molecule is COc1cc2ccccc2cc1C(=O)N/N=C\c1cc([N+](=O)[O-])ccc1O. The van der Waals surface area contributed by atoms with E-state index in [-0.39, 0.29) is 22.6 Å². The topological polar surface area (TPSA) is 114 Å².